The van der Waals surface area contributed by atoms with Crippen molar-refractivity contribution < 1.29 is 0 Å². The van der Waals surface area contributed by atoms with Gasteiger partial charge in [-0.1, -0.05) is 48.0 Å². The molecule has 26 heavy (non-hydrogen) atoms. The average molecular weight is 365 g/mol. The van der Waals surface area contributed by atoms with Gasteiger partial charge < -0.3 is 0 Å². The summed E-state index contributed by atoms with van der Waals surface area (Å²) in [5.41, 5.74) is 3.87. The lowest BCUT2D eigenvalue weighted by molar-refractivity contribution is 0.635. The van der Waals surface area contributed by atoms with Gasteiger partial charge in [-0.05, 0) is 37.1 Å². The van der Waals surface area contributed by atoms with Crippen LogP contribution in [-0.4, -0.2) is 19.6 Å². The number of hydrogen-bond donors (Lipinski definition) is 0. The van der Waals surface area contributed by atoms with Gasteiger partial charge in [0, 0.05) is 10.4 Å². The van der Waals surface area contributed by atoms with Crippen LogP contribution < -0.4 is 5.56 Å². The van der Waals surface area contributed by atoms with Crippen LogP contribution in [0.2, 0.25) is 5.02 Å². The SMILES string of the molecule is Cc1ccccc1-n1ncc2c(C)nn(Cc3ccccc3Cl)c(=O)c21. The van der Waals surface area contributed by atoms with E-state index >= 15 is 0 Å². The lowest BCUT2D eigenvalue weighted by atomic mass is 10.2. The normalized spacial score (nSPS) is 11.2. The van der Waals surface area contributed by atoms with Crippen LogP contribution >= 0.6 is 11.6 Å². The van der Waals surface area contributed by atoms with Crippen molar-refractivity contribution in [2.45, 2.75) is 20.4 Å². The fraction of sp³-hybridized carbons (Fsp3) is 0.150. The summed E-state index contributed by atoms with van der Waals surface area (Å²) in [6.45, 7) is 4.20. The molecule has 0 aliphatic rings. The van der Waals surface area contributed by atoms with Gasteiger partial charge in [-0.25, -0.2) is 9.36 Å². The van der Waals surface area contributed by atoms with Gasteiger partial charge in [-0.15, -0.1) is 0 Å². The van der Waals surface area contributed by atoms with Crippen molar-refractivity contribution >= 4 is 22.5 Å². The Hall–Kier alpha value is -2.92. The van der Waals surface area contributed by atoms with E-state index in [-0.39, 0.29) is 5.56 Å². The minimum Gasteiger partial charge on any atom is -0.265 e. The number of hydrogen-bond acceptors (Lipinski definition) is 3. The molecule has 4 rings (SSSR count). The largest absolute Gasteiger partial charge is 0.293 e. The van der Waals surface area contributed by atoms with Gasteiger partial charge in [0.25, 0.3) is 5.56 Å². The summed E-state index contributed by atoms with van der Waals surface area (Å²) in [6, 6.07) is 15.3. The van der Waals surface area contributed by atoms with Crippen LogP contribution in [0, 0.1) is 13.8 Å². The zero-order chi connectivity index (χ0) is 18.3. The Kier molecular flexibility index (Phi) is 4.09. The highest BCUT2D eigenvalue weighted by molar-refractivity contribution is 6.31. The van der Waals surface area contributed by atoms with E-state index in [4.69, 9.17) is 11.6 Å². The number of nitrogens with zero attached hydrogens (tertiary/aromatic N) is 4. The van der Waals surface area contributed by atoms with Gasteiger partial charge in [0.2, 0.25) is 0 Å². The van der Waals surface area contributed by atoms with E-state index in [0.29, 0.717) is 17.1 Å². The highest BCUT2D eigenvalue weighted by atomic mass is 35.5. The van der Waals surface area contributed by atoms with Crippen LogP contribution in [0.5, 0.6) is 0 Å². The third kappa shape index (κ3) is 2.70. The summed E-state index contributed by atoms with van der Waals surface area (Å²) in [4.78, 5) is 13.2. The molecule has 0 N–H and O–H groups in total. The molecule has 0 aliphatic heterocycles. The number of para-hydroxylation sites is 1. The Morgan fingerprint density at radius 1 is 1.04 bits per heavy atom. The predicted octanol–water partition coefficient (Wildman–Crippen LogP) is 3.90. The van der Waals surface area contributed by atoms with Crippen LogP contribution in [0.4, 0.5) is 0 Å². The molecular weight excluding hydrogens is 348 g/mol. The first kappa shape index (κ1) is 16.5. The molecule has 0 fully saturated rings. The molecule has 2 aromatic carbocycles. The van der Waals surface area contributed by atoms with E-state index in [2.05, 4.69) is 10.2 Å². The standard InChI is InChI=1S/C20H17ClN4O/c1-13-7-3-6-10-18(13)25-19-16(11-22-25)14(2)23-24(20(19)26)12-15-8-4-5-9-17(15)21/h3-11H,12H2,1-2H3. The molecule has 0 saturated heterocycles. The molecule has 130 valence electrons. The first-order valence-electron chi connectivity index (χ1n) is 8.31. The Morgan fingerprint density at radius 2 is 1.77 bits per heavy atom. The van der Waals surface area contributed by atoms with Crippen molar-refractivity contribution in [1.29, 1.82) is 0 Å². The molecule has 0 radical (unpaired) electrons. The number of benzene rings is 2. The maximum absolute atomic E-state index is 13.2. The molecule has 2 aromatic heterocycles. The molecule has 2 heterocycles. The second-order valence-electron chi connectivity index (χ2n) is 6.24. The highest BCUT2D eigenvalue weighted by Gasteiger charge is 2.16. The maximum Gasteiger partial charge on any atom is 0.293 e. The van der Waals surface area contributed by atoms with E-state index in [0.717, 1.165) is 27.9 Å². The van der Waals surface area contributed by atoms with E-state index in [1.165, 1.54) is 4.68 Å². The molecule has 0 aliphatic carbocycles. The fourth-order valence-corrected chi connectivity index (χ4v) is 3.30. The molecule has 0 atom stereocenters. The van der Waals surface area contributed by atoms with Gasteiger partial charge in [-0.3, -0.25) is 4.79 Å². The molecule has 0 unspecified atom stereocenters. The molecule has 4 aromatic rings. The van der Waals surface area contributed by atoms with Gasteiger partial charge in [0.1, 0.15) is 5.52 Å². The van der Waals surface area contributed by atoms with Crippen LogP contribution in [0.3, 0.4) is 0 Å². The Labute approximate surface area is 155 Å². The Morgan fingerprint density at radius 3 is 2.54 bits per heavy atom. The lowest BCUT2D eigenvalue weighted by Crippen LogP contribution is -2.26. The van der Waals surface area contributed by atoms with E-state index in [1.54, 1.807) is 10.9 Å². The third-order valence-corrected chi connectivity index (χ3v) is 4.86. The minimum atomic E-state index is -0.189. The van der Waals surface area contributed by atoms with Crippen LogP contribution in [0.1, 0.15) is 16.8 Å². The lowest BCUT2D eigenvalue weighted by Gasteiger charge is -2.10. The molecule has 0 spiro atoms. The summed E-state index contributed by atoms with van der Waals surface area (Å²) < 4.78 is 3.15. The monoisotopic (exact) mass is 364 g/mol. The fourth-order valence-electron chi connectivity index (χ4n) is 3.10. The Bertz CT molecular complexity index is 1180. The topological polar surface area (TPSA) is 52.7 Å². The van der Waals surface area contributed by atoms with Crippen molar-refractivity contribution in [1.82, 2.24) is 19.6 Å². The number of fused-ring (bicyclic) bond motifs is 1. The molecule has 5 nitrogen and oxygen atoms in total. The van der Waals surface area contributed by atoms with Crippen LogP contribution in [0.15, 0.2) is 59.5 Å². The Balaban J connectivity index is 1.94. The highest BCUT2D eigenvalue weighted by Crippen LogP contribution is 2.20. The van der Waals surface area contributed by atoms with E-state index in [1.807, 2.05) is 62.4 Å². The molecule has 0 bridgehead atoms. The van der Waals surface area contributed by atoms with Crippen molar-refractivity contribution in [3.63, 3.8) is 0 Å². The number of aromatic nitrogens is 4. The second-order valence-corrected chi connectivity index (χ2v) is 6.65. The van der Waals surface area contributed by atoms with Gasteiger partial charge in [0.15, 0.2) is 0 Å². The van der Waals surface area contributed by atoms with Crippen molar-refractivity contribution in [3.8, 4) is 5.69 Å². The predicted molar refractivity (Wildman–Crippen MR) is 103 cm³/mol. The molecule has 0 amide bonds. The third-order valence-electron chi connectivity index (χ3n) is 4.49. The van der Waals surface area contributed by atoms with Crippen molar-refractivity contribution in [2.24, 2.45) is 0 Å². The number of aryl methyl sites for hydroxylation is 2. The minimum absolute atomic E-state index is 0.189. The van der Waals surface area contributed by atoms with Crippen molar-refractivity contribution in [3.05, 3.63) is 86.9 Å². The number of rotatable bonds is 3. The van der Waals surface area contributed by atoms with Crippen molar-refractivity contribution in [2.75, 3.05) is 0 Å². The molecule has 0 saturated carbocycles. The molecule has 6 heteroatoms. The smallest absolute Gasteiger partial charge is 0.265 e. The van der Waals surface area contributed by atoms with Crippen LogP contribution in [-0.2, 0) is 6.54 Å². The first-order valence-corrected chi connectivity index (χ1v) is 8.69. The summed E-state index contributed by atoms with van der Waals surface area (Å²) >= 11 is 6.25. The summed E-state index contributed by atoms with van der Waals surface area (Å²) in [5, 5.41) is 10.3. The van der Waals surface area contributed by atoms with E-state index < -0.39 is 0 Å². The summed E-state index contributed by atoms with van der Waals surface area (Å²) in [5.74, 6) is 0. The van der Waals surface area contributed by atoms with Gasteiger partial charge in [0.05, 0.1) is 24.1 Å². The number of halogens is 1. The van der Waals surface area contributed by atoms with Gasteiger partial charge >= 0.3 is 0 Å². The maximum atomic E-state index is 13.2. The molecular formula is C20H17ClN4O. The zero-order valence-corrected chi connectivity index (χ0v) is 15.2. The zero-order valence-electron chi connectivity index (χ0n) is 14.5. The first-order chi connectivity index (χ1) is 12.6. The second kappa shape index (κ2) is 6.42. The van der Waals surface area contributed by atoms with Crippen LogP contribution in [0.25, 0.3) is 16.6 Å². The van der Waals surface area contributed by atoms with Gasteiger partial charge in [-0.2, -0.15) is 10.2 Å². The van der Waals surface area contributed by atoms with E-state index in [9.17, 15) is 4.79 Å². The quantitative estimate of drug-likeness (QED) is 0.554. The summed E-state index contributed by atoms with van der Waals surface area (Å²) in [6.07, 6.45) is 1.70. The average Bonchev–Trinajstić information content (AvgIpc) is 3.07. The summed E-state index contributed by atoms with van der Waals surface area (Å²) in [7, 11) is 0.